The zero-order chi connectivity index (χ0) is 22.8. The van der Waals surface area contributed by atoms with E-state index in [1.165, 1.54) is 11.1 Å². The Hall–Kier alpha value is -3.54. The fourth-order valence-corrected chi connectivity index (χ4v) is 3.99. The number of aromatic nitrogens is 4. The second-order valence-corrected chi connectivity index (χ2v) is 8.72. The molecular formula is C26H30N6. The van der Waals surface area contributed by atoms with Gasteiger partial charge in [-0.05, 0) is 76.9 Å². The highest BCUT2D eigenvalue weighted by molar-refractivity contribution is 6.03. The van der Waals surface area contributed by atoms with Crippen molar-refractivity contribution in [3.63, 3.8) is 0 Å². The van der Waals surface area contributed by atoms with Gasteiger partial charge in [-0.15, -0.1) is 0 Å². The Bertz CT molecular complexity index is 1130. The molecule has 0 saturated carbocycles. The van der Waals surface area contributed by atoms with Crippen molar-refractivity contribution in [2.45, 2.75) is 53.6 Å². The maximum Gasteiger partial charge on any atom is 0.126 e. The molecule has 2 N–H and O–H groups in total. The van der Waals surface area contributed by atoms with Crippen molar-refractivity contribution in [1.29, 1.82) is 0 Å². The molecule has 0 radical (unpaired) electrons. The Morgan fingerprint density at radius 3 is 1.31 bits per heavy atom. The fourth-order valence-electron chi connectivity index (χ4n) is 3.99. The quantitative estimate of drug-likeness (QED) is 0.393. The molecule has 6 heteroatoms. The van der Waals surface area contributed by atoms with Crippen LogP contribution in [0.5, 0.6) is 0 Å². The van der Waals surface area contributed by atoms with Crippen molar-refractivity contribution in [3.8, 4) is 22.3 Å². The van der Waals surface area contributed by atoms with Gasteiger partial charge in [0, 0.05) is 59.1 Å². The van der Waals surface area contributed by atoms with E-state index >= 15 is 0 Å². The lowest BCUT2D eigenvalue weighted by Gasteiger charge is -2.18. The van der Waals surface area contributed by atoms with Gasteiger partial charge in [0.15, 0.2) is 0 Å². The van der Waals surface area contributed by atoms with Crippen LogP contribution in [-0.2, 0) is 0 Å². The zero-order valence-electron chi connectivity index (χ0n) is 19.6. The standard InChI is InChI=1S/C26H30N6/c1-15(2)31-21-9-7-19(13-29-21)23-17(5)18(6)24(26-25(23)27-11-12-28-26)20-8-10-22(30-14-20)32-16(3)4/h7-16H,1-6H3,(H,29,31)(H,30,32). The minimum absolute atomic E-state index is 0.332. The number of hydrogen-bond donors (Lipinski definition) is 2. The van der Waals surface area contributed by atoms with E-state index in [0.717, 1.165) is 44.9 Å². The summed E-state index contributed by atoms with van der Waals surface area (Å²) in [7, 11) is 0. The van der Waals surface area contributed by atoms with Crippen LogP contribution < -0.4 is 10.6 Å². The lowest BCUT2D eigenvalue weighted by molar-refractivity contribution is 0.889. The molecule has 0 aliphatic heterocycles. The Morgan fingerprint density at radius 1 is 0.594 bits per heavy atom. The van der Waals surface area contributed by atoms with Crippen LogP contribution in [0.25, 0.3) is 33.3 Å². The normalized spacial score (nSPS) is 11.4. The van der Waals surface area contributed by atoms with Gasteiger partial charge in [0.1, 0.15) is 11.6 Å². The molecule has 0 aliphatic rings. The molecule has 0 bridgehead atoms. The zero-order valence-corrected chi connectivity index (χ0v) is 19.6. The van der Waals surface area contributed by atoms with Crippen LogP contribution >= 0.6 is 0 Å². The third kappa shape index (κ3) is 4.26. The van der Waals surface area contributed by atoms with E-state index in [2.05, 4.69) is 74.3 Å². The first-order valence-electron chi connectivity index (χ1n) is 11.0. The van der Waals surface area contributed by atoms with Crippen LogP contribution in [0.1, 0.15) is 38.8 Å². The fraction of sp³-hybridized carbons (Fsp3) is 0.308. The highest BCUT2D eigenvalue weighted by Gasteiger charge is 2.19. The molecule has 0 unspecified atom stereocenters. The van der Waals surface area contributed by atoms with Gasteiger partial charge in [-0.2, -0.15) is 0 Å². The first kappa shape index (κ1) is 21.7. The van der Waals surface area contributed by atoms with Crippen molar-refractivity contribution < 1.29 is 0 Å². The molecule has 0 atom stereocenters. The van der Waals surface area contributed by atoms with Crippen molar-refractivity contribution in [3.05, 3.63) is 60.2 Å². The van der Waals surface area contributed by atoms with E-state index in [1.54, 1.807) is 12.4 Å². The highest BCUT2D eigenvalue weighted by Crippen LogP contribution is 2.39. The van der Waals surface area contributed by atoms with Gasteiger partial charge in [-0.25, -0.2) is 9.97 Å². The van der Waals surface area contributed by atoms with Gasteiger partial charge in [-0.3, -0.25) is 9.97 Å². The second kappa shape index (κ2) is 8.91. The number of benzene rings is 1. The Morgan fingerprint density at radius 2 is 1.00 bits per heavy atom. The van der Waals surface area contributed by atoms with Gasteiger partial charge >= 0.3 is 0 Å². The van der Waals surface area contributed by atoms with E-state index in [0.29, 0.717) is 12.1 Å². The average Bonchev–Trinajstić information content (AvgIpc) is 2.76. The summed E-state index contributed by atoms with van der Waals surface area (Å²) in [5.41, 5.74) is 8.31. The van der Waals surface area contributed by atoms with Crippen LogP contribution in [-0.4, -0.2) is 32.0 Å². The van der Waals surface area contributed by atoms with Crippen LogP contribution in [0.15, 0.2) is 49.1 Å². The summed E-state index contributed by atoms with van der Waals surface area (Å²) in [6.45, 7) is 12.7. The lowest BCUT2D eigenvalue weighted by atomic mass is 9.89. The summed E-state index contributed by atoms with van der Waals surface area (Å²) < 4.78 is 0. The van der Waals surface area contributed by atoms with Crippen molar-refractivity contribution in [2.24, 2.45) is 0 Å². The van der Waals surface area contributed by atoms with Crippen LogP contribution in [0, 0.1) is 13.8 Å². The monoisotopic (exact) mass is 426 g/mol. The van der Waals surface area contributed by atoms with Gasteiger partial charge in [0.25, 0.3) is 0 Å². The van der Waals surface area contributed by atoms with Crippen molar-refractivity contribution >= 4 is 22.7 Å². The molecule has 3 heterocycles. The molecule has 4 rings (SSSR count). The average molecular weight is 427 g/mol. The first-order valence-corrected chi connectivity index (χ1v) is 11.0. The van der Waals surface area contributed by atoms with Crippen molar-refractivity contribution in [1.82, 2.24) is 19.9 Å². The summed E-state index contributed by atoms with van der Waals surface area (Å²) in [6, 6.07) is 8.90. The predicted molar refractivity (Wildman–Crippen MR) is 133 cm³/mol. The molecule has 1 aromatic carbocycles. The van der Waals surface area contributed by atoms with E-state index in [-0.39, 0.29) is 0 Å². The summed E-state index contributed by atoms with van der Waals surface area (Å²) in [5.74, 6) is 1.73. The number of fused-ring (bicyclic) bond motifs is 1. The minimum atomic E-state index is 0.332. The second-order valence-electron chi connectivity index (χ2n) is 8.72. The lowest BCUT2D eigenvalue weighted by Crippen LogP contribution is -2.10. The maximum atomic E-state index is 4.73. The largest absolute Gasteiger partial charge is 0.368 e. The summed E-state index contributed by atoms with van der Waals surface area (Å²) in [6.07, 6.45) is 7.32. The topological polar surface area (TPSA) is 75.6 Å². The number of pyridine rings is 2. The summed E-state index contributed by atoms with van der Waals surface area (Å²) in [4.78, 5) is 18.7. The first-order chi connectivity index (χ1) is 15.3. The molecule has 4 aromatic rings. The van der Waals surface area contributed by atoms with E-state index in [4.69, 9.17) is 9.97 Å². The van der Waals surface area contributed by atoms with Crippen molar-refractivity contribution in [2.75, 3.05) is 10.6 Å². The summed E-state index contributed by atoms with van der Waals surface area (Å²) >= 11 is 0. The number of nitrogens with one attached hydrogen (secondary N) is 2. The van der Waals surface area contributed by atoms with Gasteiger partial charge in [0.2, 0.25) is 0 Å². The molecule has 6 nitrogen and oxygen atoms in total. The predicted octanol–water partition coefficient (Wildman–Crippen LogP) is 6.01. The van der Waals surface area contributed by atoms with Crippen LogP contribution in [0.2, 0.25) is 0 Å². The SMILES string of the molecule is Cc1c(C)c(-c2ccc(NC(C)C)nc2)c2nccnc2c1-c1ccc(NC(C)C)nc1. The smallest absolute Gasteiger partial charge is 0.126 e. The number of nitrogens with zero attached hydrogens (tertiary/aromatic N) is 4. The number of hydrogen-bond acceptors (Lipinski definition) is 6. The van der Waals surface area contributed by atoms with Crippen LogP contribution in [0.4, 0.5) is 11.6 Å². The molecule has 0 aliphatic carbocycles. The molecule has 3 aromatic heterocycles. The Balaban J connectivity index is 1.85. The van der Waals surface area contributed by atoms with Gasteiger partial charge in [0.05, 0.1) is 11.0 Å². The highest BCUT2D eigenvalue weighted by atomic mass is 15.0. The summed E-state index contributed by atoms with van der Waals surface area (Å²) in [5, 5.41) is 6.68. The molecule has 0 spiro atoms. The molecule has 32 heavy (non-hydrogen) atoms. The Kier molecular flexibility index (Phi) is 6.04. The van der Waals surface area contributed by atoms with E-state index in [1.807, 2.05) is 24.5 Å². The molecular weight excluding hydrogens is 396 g/mol. The van der Waals surface area contributed by atoms with Gasteiger partial charge < -0.3 is 10.6 Å². The minimum Gasteiger partial charge on any atom is -0.368 e. The molecule has 164 valence electrons. The maximum absolute atomic E-state index is 4.73. The third-order valence-electron chi connectivity index (χ3n) is 5.46. The van der Waals surface area contributed by atoms with E-state index < -0.39 is 0 Å². The molecule has 0 amide bonds. The third-order valence-corrected chi connectivity index (χ3v) is 5.46. The van der Waals surface area contributed by atoms with E-state index in [9.17, 15) is 0 Å². The number of rotatable bonds is 6. The molecule has 0 saturated heterocycles. The van der Waals surface area contributed by atoms with Gasteiger partial charge in [-0.1, -0.05) is 0 Å². The Labute approximate surface area is 189 Å². The van der Waals surface area contributed by atoms with Crippen LogP contribution in [0.3, 0.4) is 0 Å². The molecule has 0 fully saturated rings. The number of anilines is 2.